The summed E-state index contributed by atoms with van der Waals surface area (Å²) in [7, 11) is 0. The smallest absolute Gasteiger partial charge is 0.317 e. The van der Waals surface area contributed by atoms with E-state index in [0.29, 0.717) is 6.54 Å². The van der Waals surface area contributed by atoms with Crippen molar-refractivity contribution in [1.82, 2.24) is 9.88 Å². The molecule has 0 spiro atoms. The highest BCUT2D eigenvalue weighted by Crippen LogP contribution is 2.20. The van der Waals surface area contributed by atoms with E-state index in [1.807, 2.05) is 4.90 Å². The first kappa shape index (κ1) is 8.65. The van der Waals surface area contributed by atoms with E-state index in [4.69, 9.17) is 5.11 Å². The highest BCUT2D eigenvalue weighted by molar-refractivity contribution is 7.09. The van der Waals surface area contributed by atoms with Gasteiger partial charge in [0, 0.05) is 24.4 Å². The SMILES string of the molecule is O=C(O)CN1CCc2n[c]sc2C1. The van der Waals surface area contributed by atoms with Crippen LogP contribution in [0, 0.1) is 5.51 Å². The Morgan fingerprint density at radius 2 is 2.62 bits per heavy atom. The molecule has 69 valence electrons. The highest BCUT2D eigenvalue weighted by atomic mass is 32.1. The van der Waals surface area contributed by atoms with Crippen molar-refractivity contribution in [3.63, 3.8) is 0 Å². The zero-order chi connectivity index (χ0) is 9.26. The summed E-state index contributed by atoms with van der Waals surface area (Å²) in [4.78, 5) is 17.6. The highest BCUT2D eigenvalue weighted by Gasteiger charge is 2.19. The number of hydrogen-bond acceptors (Lipinski definition) is 4. The zero-order valence-corrected chi connectivity index (χ0v) is 7.80. The Morgan fingerprint density at radius 3 is 3.38 bits per heavy atom. The summed E-state index contributed by atoms with van der Waals surface area (Å²) in [5.74, 6) is -0.767. The van der Waals surface area contributed by atoms with Gasteiger partial charge in [0.15, 0.2) is 5.51 Å². The van der Waals surface area contributed by atoms with Gasteiger partial charge >= 0.3 is 5.97 Å². The van der Waals surface area contributed by atoms with Crippen LogP contribution in [-0.2, 0) is 17.8 Å². The molecule has 1 aliphatic rings. The molecular weight excluding hydrogens is 188 g/mol. The number of thiazole rings is 1. The van der Waals surface area contributed by atoms with Gasteiger partial charge in [0.05, 0.1) is 12.2 Å². The third-order valence-electron chi connectivity index (χ3n) is 2.06. The molecule has 1 N–H and O–H groups in total. The fraction of sp³-hybridized carbons (Fsp3) is 0.500. The lowest BCUT2D eigenvalue weighted by molar-refractivity contribution is -0.138. The van der Waals surface area contributed by atoms with Crippen molar-refractivity contribution in [3.05, 3.63) is 16.1 Å². The van der Waals surface area contributed by atoms with Crippen LogP contribution < -0.4 is 0 Å². The van der Waals surface area contributed by atoms with Crippen LogP contribution in [0.25, 0.3) is 0 Å². The van der Waals surface area contributed by atoms with Crippen LogP contribution in [0.4, 0.5) is 0 Å². The minimum atomic E-state index is -0.767. The molecule has 0 amide bonds. The van der Waals surface area contributed by atoms with Gasteiger partial charge in [0.2, 0.25) is 0 Å². The quantitative estimate of drug-likeness (QED) is 0.745. The number of aromatic nitrogens is 1. The molecule has 0 atom stereocenters. The maximum atomic E-state index is 10.5. The molecule has 0 fully saturated rings. The Morgan fingerprint density at radius 1 is 1.77 bits per heavy atom. The number of fused-ring (bicyclic) bond motifs is 1. The van der Waals surface area contributed by atoms with Crippen LogP contribution in [0.15, 0.2) is 0 Å². The van der Waals surface area contributed by atoms with Crippen molar-refractivity contribution in [2.75, 3.05) is 13.1 Å². The second-order valence-corrected chi connectivity index (χ2v) is 3.91. The summed E-state index contributed by atoms with van der Waals surface area (Å²) in [5.41, 5.74) is 3.92. The first-order chi connectivity index (χ1) is 6.25. The van der Waals surface area contributed by atoms with Crippen LogP contribution in [0.5, 0.6) is 0 Å². The minimum Gasteiger partial charge on any atom is -0.480 e. The van der Waals surface area contributed by atoms with Crippen LogP contribution in [0.2, 0.25) is 0 Å². The summed E-state index contributed by atoms with van der Waals surface area (Å²) in [6.45, 7) is 1.62. The molecule has 0 bridgehead atoms. The predicted molar refractivity (Wildman–Crippen MR) is 47.6 cm³/mol. The van der Waals surface area contributed by atoms with Gasteiger partial charge in [0.25, 0.3) is 0 Å². The lowest BCUT2D eigenvalue weighted by Crippen LogP contribution is -2.34. The molecule has 0 aliphatic carbocycles. The lowest BCUT2D eigenvalue weighted by Gasteiger charge is -2.23. The van der Waals surface area contributed by atoms with Crippen LogP contribution in [0.3, 0.4) is 0 Å². The van der Waals surface area contributed by atoms with Gasteiger partial charge in [-0.3, -0.25) is 9.69 Å². The summed E-state index contributed by atoms with van der Waals surface area (Å²) < 4.78 is 0. The van der Waals surface area contributed by atoms with Crippen molar-refractivity contribution in [1.29, 1.82) is 0 Å². The van der Waals surface area contributed by atoms with E-state index < -0.39 is 5.97 Å². The van der Waals surface area contributed by atoms with E-state index in [-0.39, 0.29) is 6.54 Å². The van der Waals surface area contributed by atoms with Crippen LogP contribution >= 0.6 is 11.3 Å². The second-order valence-electron chi connectivity index (χ2n) is 3.03. The molecule has 0 unspecified atom stereocenters. The number of hydrogen-bond donors (Lipinski definition) is 1. The molecule has 2 rings (SSSR count). The van der Waals surface area contributed by atoms with Crippen LogP contribution in [0.1, 0.15) is 10.6 Å². The molecule has 0 saturated heterocycles. The molecule has 0 aromatic carbocycles. The molecule has 1 aliphatic heterocycles. The number of carbonyl (C=O) groups is 1. The van der Waals surface area contributed by atoms with Crippen LogP contribution in [-0.4, -0.2) is 34.0 Å². The van der Waals surface area contributed by atoms with Crippen molar-refractivity contribution in [2.45, 2.75) is 13.0 Å². The minimum absolute atomic E-state index is 0.122. The van der Waals surface area contributed by atoms with E-state index in [0.717, 1.165) is 23.5 Å². The lowest BCUT2D eigenvalue weighted by atomic mass is 10.2. The molecular formula is C8H9N2O2S. The zero-order valence-electron chi connectivity index (χ0n) is 6.99. The first-order valence-corrected chi connectivity index (χ1v) is 4.86. The molecule has 0 saturated carbocycles. The number of nitrogens with zero attached hydrogens (tertiary/aromatic N) is 2. The number of carboxylic acids is 1. The van der Waals surface area contributed by atoms with Gasteiger partial charge in [-0.05, 0) is 0 Å². The van der Waals surface area contributed by atoms with Gasteiger partial charge in [-0.2, -0.15) is 0 Å². The van der Waals surface area contributed by atoms with E-state index >= 15 is 0 Å². The molecule has 1 aromatic heterocycles. The summed E-state index contributed by atoms with van der Waals surface area (Å²) in [6.07, 6.45) is 0.850. The van der Waals surface area contributed by atoms with Gasteiger partial charge in [-0.25, -0.2) is 4.98 Å². The van der Waals surface area contributed by atoms with Crippen molar-refractivity contribution >= 4 is 17.3 Å². The molecule has 5 heteroatoms. The maximum absolute atomic E-state index is 10.5. The van der Waals surface area contributed by atoms with E-state index in [9.17, 15) is 4.79 Å². The van der Waals surface area contributed by atoms with Crippen molar-refractivity contribution < 1.29 is 9.90 Å². The van der Waals surface area contributed by atoms with Gasteiger partial charge in [0.1, 0.15) is 0 Å². The van der Waals surface area contributed by atoms with Gasteiger partial charge in [-0.15, -0.1) is 11.3 Å². The Hall–Kier alpha value is -0.940. The summed E-state index contributed by atoms with van der Waals surface area (Å²) >= 11 is 1.49. The third-order valence-corrected chi connectivity index (χ3v) is 2.86. The molecule has 1 aromatic rings. The summed E-state index contributed by atoms with van der Waals surface area (Å²) in [6, 6.07) is 0. The molecule has 1 radical (unpaired) electrons. The molecule has 2 heterocycles. The fourth-order valence-corrected chi connectivity index (χ4v) is 2.22. The Bertz CT molecular complexity index is 324. The largest absolute Gasteiger partial charge is 0.480 e. The standard InChI is InChI=1S/C8H9N2O2S/c11-8(12)4-10-2-1-6-7(3-10)13-5-9-6/h1-4H2,(H,11,12). The van der Waals surface area contributed by atoms with Crippen molar-refractivity contribution in [2.24, 2.45) is 0 Å². The second kappa shape index (κ2) is 3.43. The third kappa shape index (κ3) is 1.87. The number of rotatable bonds is 2. The van der Waals surface area contributed by atoms with Gasteiger partial charge in [-0.1, -0.05) is 0 Å². The maximum Gasteiger partial charge on any atom is 0.317 e. The van der Waals surface area contributed by atoms with E-state index in [1.165, 1.54) is 11.3 Å². The molecule has 4 nitrogen and oxygen atoms in total. The fourth-order valence-electron chi connectivity index (χ4n) is 1.45. The van der Waals surface area contributed by atoms with Gasteiger partial charge < -0.3 is 5.11 Å². The predicted octanol–water partition coefficient (Wildman–Crippen LogP) is 0.386. The van der Waals surface area contributed by atoms with Crippen molar-refractivity contribution in [3.8, 4) is 0 Å². The Balaban J connectivity index is 2.04. The summed E-state index contributed by atoms with van der Waals surface area (Å²) in [5, 5.41) is 8.60. The number of aliphatic carboxylic acids is 1. The van der Waals surface area contributed by atoms with E-state index in [1.54, 1.807) is 0 Å². The Labute approximate surface area is 79.8 Å². The average molecular weight is 197 g/mol. The first-order valence-electron chi connectivity index (χ1n) is 4.04. The molecule has 13 heavy (non-hydrogen) atoms. The number of carboxylic acid groups (broad SMARTS) is 1. The van der Waals surface area contributed by atoms with E-state index in [2.05, 4.69) is 10.5 Å². The average Bonchev–Trinajstić information content (AvgIpc) is 2.49. The monoisotopic (exact) mass is 197 g/mol. The normalized spacial score (nSPS) is 16.9. The Kier molecular flexibility index (Phi) is 2.28. The topological polar surface area (TPSA) is 53.4 Å².